The summed E-state index contributed by atoms with van der Waals surface area (Å²) in [5.74, 6) is -0.786. The monoisotopic (exact) mass is 474 g/mol. The first-order valence-electron chi connectivity index (χ1n) is 12.8. The Morgan fingerprint density at radius 3 is 2.38 bits per heavy atom. The molecule has 3 aliphatic rings. The van der Waals surface area contributed by atoms with Crippen LogP contribution in [0.5, 0.6) is 0 Å². The van der Waals surface area contributed by atoms with Gasteiger partial charge in [0.2, 0.25) is 0 Å². The largest absolute Gasteiger partial charge is 0.625 e. The molecule has 0 aromatic heterocycles. The topological polar surface area (TPSA) is 69.5 Å². The zero-order chi connectivity index (χ0) is 25.0. The minimum absolute atomic E-state index is 0.230. The van der Waals surface area contributed by atoms with Gasteiger partial charge in [-0.15, -0.1) is 0 Å². The molecular formula is C27H41BF2N2O2. The van der Waals surface area contributed by atoms with Crippen molar-refractivity contribution in [2.75, 3.05) is 6.61 Å². The van der Waals surface area contributed by atoms with Gasteiger partial charge in [0.25, 0.3) is 0 Å². The van der Waals surface area contributed by atoms with E-state index in [0.717, 1.165) is 84.9 Å². The Kier molecular flexibility index (Phi) is 8.88. The third kappa shape index (κ3) is 5.37. The molecule has 0 fully saturated rings. The standard InChI is InChI=1S/C27H41BF2N2O2/c1-18-15-19(2)26-25(18)22(27-20(3)16-21(4)32(27)28(26,29)30)13-11-9-7-5-6-8-10-12-14-24(34)23(31)17-33/h12,14-16,23-24,26,33-34H,5-11,13,17,31H2,1-4H3/b14-12+/t23-,24+,26?/m0/s1. The minimum Gasteiger partial charge on any atom is -0.412 e. The van der Waals surface area contributed by atoms with E-state index in [9.17, 15) is 5.11 Å². The first-order chi connectivity index (χ1) is 16.1. The van der Waals surface area contributed by atoms with Crippen molar-refractivity contribution in [1.82, 2.24) is 0 Å². The van der Waals surface area contributed by atoms with Gasteiger partial charge < -0.3 is 29.1 Å². The first kappa shape index (κ1) is 26.8. The van der Waals surface area contributed by atoms with E-state index in [2.05, 4.69) is 0 Å². The molecule has 1 unspecified atom stereocenters. The van der Waals surface area contributed by atoms with Gasteiger partial charge in [0, 0.05) is 30.0 Å². The summed E-state index contributed by atoms with van der Waals surface area (Å²) >= 11 is 0. The Morgan fingerprint density at radius 1 is 1.06 bits per heavy atom. The van der Waals surface area contributed by atoms with Crippen LogP contribution in [0.3, 0.4) is 0 Å². The van der Waals surface area contributed by atoms with Crippen molar-refractivity contribution in [3.05, 3.63) is 57.9 Å². The number of nitrogens with zero attached hydrogens (tertiary/aromatic N) is 1. The number of nitrogens with two attached hydrogens (primary N) is 1. The van der Waals surface area contributed by atoms with Crippen molar-refractivity contribution in [1.29, 1.82) is 0 Å². The van der Waals surface area contributed by atoms with E-state index < -0.39 is 24.8 Å². The van der Waals surface area contributed by atoms with Gasteiger partial charge in [-0.2, -0.15) is 0 Å². The summed E-state index contributed by atoms with van der Waals surface area (Å²) in [4.78, 5) is 0. The highest BCUT2D eigenvalue weighted by Crippen LogP contribution is 2.55. The third-order valence-electron chi connectivity index (χ3n) is 7.48. The highest BCUT2D eigenvalue weighted by Gasteiger charge is 2.59. The molecule has 188 valence electrons. The van der Waals surface area contributed by atoms with Crippen molar-refractivity contribution in [2.45, 2.75) is 97.0 Å². The van der Waals surface area contributed by atoms with E-state index in [1.54, 1.807) is 13.0 Å². The highest BCUT2D eigenvalue weighted by molar-refractivity contribution is 6.63. The van der Waals surface area contributed by atoms with E-state index in [1.165, 1.54) is 4.49 Å². The Labute approximate surface area is 203 Å². The van der Waals surface area contributed by atoms with Crippen LogP contribution in [-0.2, 0) is 0 Å². The maximum atomic E-state index is 15.6. The summed E-state index contributed by atoms with van der Waals surface area (Å²) in [5.41, 5.74) is 11.7. The van der Waals surface area contributed by atoms with Crippen molar-refractivity contribution < 1.29 is 23.3 Å². The number of allylic oxidation sites excluding steroid dienone is 8. The maximum absolute atomic E-state index is 15.6. The molecule has 0 aromatic rings. The minimum atomic E-state index is -3.72. The molecule has 0 amide bonds. The molecule has 1 aliphatic carbocycles. The molecule has 34 heavy (non-hydrogen) atoms. The van der Waals surface area contributed by atoms with E-state index in [-0.39, 0.29) is 6.61 Å². The fourth-order valence-electron chi connectivity index (χ4n) is 5.86. The van der Waals surface area contributed by atoms with Crippen LogP contribution in [0.25, 0.3) is 0 Å². The molecule has 0 bridgehead atoms. The van der Waals surface area contributed by atoms with Gasteiger partial charge in [-0.1, -0.05) is 55.1 Å². The molecule has 3 atom stereocenters. The third-order valence-corrected chi connectivity index (χ3v) is 7.48. The van der Waals surface area contributed by atoms with Crippen molar-refractivity contribution in [2.24, 2.45) is 5.73 Å². The average Bonchev–Trinajstić information content (AvgIpc) is 3.26. The number of unbranched alkanes of at least 4 members (excludes halogenated alkanes) is 6. The zero-order valence-electron chi connectivity index (χ0n) is 21.2. The van der Waals surface area contributed by atoms with Crippen LogP contribution in [0.15, 0.2) is 57.9 Å². The summed E-state index contributed by atoms with van der Waals surface area (Å²) in [5, 5.41) is 18.6. The highest BCUT2D eigenvalue weighted by atomic mass is 19.2. The molecule has 0 saturated carbocycles. The van der Waals surface area contributed by atoms with Crippen LogP contribution in [0.1, 0.15) is 79.1 Å². The van der Waals surface area contributed by atoms with Crippen LogP contribution in [0.2, 0.25) is 5.82 Å². The van der Waals surface area contributed by atoms with Crippen LogP contribution < -0.4 is 5.73 Å². The van der Waals surface area contributed by atoms with Crippen molar-refractivity contribution in [3.63, 3.8) is 0 Å². The van der Waals surface area contributed by atoms with E-state index >= 15 is 8.63 Å². The van der Waals surface area contributed by atoms with Crippen molar-refractivity contribution >= 4 is 12.5 Å². The zero-order valence-corrected chi connectivity index (χ0v) is 21.2. The summed E-state index contributed by atoms with van der Waals surface area (Å²) in [6, 6.07) is -0.625. The van der Waals surface area contributed by atoms with Gasteiger partial charge in [-0.25, -0.2) is 0 Å². The van der Waals surface area contributed by atoms with Gasteiger partial charge in [0.05, 0.1) is 18.8 Å². The van der Waals surface area contributed by atoms with Gasteiger partial charge in [-0.05, 0) is 52.0 Å². The van der Waals surface area contributed by atoms with E-state index in [1.807, 2.05) is 39.0 Å². The molecule has 0 saturated heterocycles. The number of hydrogen-bond donors (Lipinski definition) is 3. The summed E-state index contributed by atoms with van der Waals surface area (Å²) in [6.07, 6.45) is 14.9. The average molecular weight is 474 g/mol. The summed E-state index contributed by atoms with van der Waals surface area (Å²) in [6.45, 7) is 3.65. The lowest BCUT2D eigenvalue weighted by atomic mass is 9.54. The lowest BCUT2D eigenvalue weighted by Crippen LogP contribution is -2.48. The van der Waals surface area contributed by atoms with Crippen LogP contribution >= 0.6 is 0 Å². The first-order valence-corrected chi connectivity index (χ1v) is 12.8. The number of rotatable bonds is 12. The summed E-state index contributed by atoms with van der Waals surface area (Å²) in [7, 11) is 0. The fourth-order valence-corrected chi connectivity index (χ4v) is 5.86. The molecule has 2 aliphatic heterocycles. The molecule has 0 spiro atoms. The predicted octanol–water partition coefficient (Wildman–Crippen LogP) is 5.57. The SMILES string of the molecule is CC1=CC(C)=[N+]2C1=C(CCCCCCCC/C=C/[C@@H](O)[C@@H](N)CO)C1=C(C)C=C(C)C1[B-]2(F)F. The normalized spacial score (nSPS) is 23.5. The second kappa shape index (κ2) is 11.3. The van der Waals surface area contributed by atoms with Crippen LogP contribution in [0, 0.1) is 0 Å². The molecule has 4 N–H and O–H groups in total. The molecule has 7 heteroatoms. The number of aliphatic hydroxyl groups is 2. The number of halogens is 2. The van der Waals surface area contributed by atoms with E-state index in [4.69, 9.17) is 10.8 Å². The second-order valence-corrected chi connectivity index (χ2v) is 10.2. The smallest absolute Gasteiger partial charge is 0.412 e. The van der Waals surface area contributed by atoms with Gasteiger partial charge >= 0.3 is 6.84 Å². The lowest BCUT2D eigenvalue weighted by Gasteiger charge is -2.37. The van der Waals surface area contributed by atoms with Gasteiger partial charge in [0.1, 0.15) is 5.71 Å². The number of aliphatic hydroxyl groups excluding tert-OH is 2. The van der Waals surface area contributed by atoms with Crippen molar-refractivity contribution in [3.8, 4) is 0 Å². The summed E-state index contributed by atoms with van der Waals surface area (Å²) < 4.78 is 32.6. The number of hydrogen-bond acceptors (Lipinski definition) is 3. The Hall–Kier alpha value is -1.83. The van der Waals surface area contributed by atoms with Gasteiger partial charge in [-0.3, -0.25) is 0 Å². The maximum Gasteiger partial charge on any atom is 0.625 e. The number of fused-ring (bicyclic) bond motifs is 2. The van der Waals surface area contributed by atoms with E-state index in [0.29, 0.717) is 5.71 Å². The molecular weight excluding hydrogens is 433 g/mol. The second-order valence-electron chi connectivity index (χ2n) is 10.2. The van der Waals surface area contributed by atoms with Crippen LogP contribution in [0.4, 0.5) is 8.63 Å². The Morgan fingerprint density at radius 2 is 1.71 bits per heavy atom. The molecule has 0 aromatic carbocycles. The lowest BCUT2D eigenvalue weighted by molar-refractivity contribution is -0.364. The fraction of sp³-hybridized carbons (Fsp3) is 0.593. The molecule has 3 rings (SSSR count). The predicted molar refractivity (Wildman–Crippen MR) is 137 cm³/mol. The van der Waals surface area contributed by atoms with Gasteiger partial charge in [0.15, 0.2) is 5.70 Å². The molecule has 0 radical (unpaired) electrons. The molecule has 4 nitrogen and oxygen atoms in total. The van der Waals surface area contributed by atoms with Crippen LogP contribution in [-0.4, -0.2) is 46.0 Å². The molecule has 2 heterocycles. The quantitative estimate of drug-likeness (QED) is 0.197. The Balaban J connectivity index is 1.52. The Bertz CT molecular complexity index is 975.